The third-order valence-corrected chi connectivity index (χ3v) is 6.24. The van der Waals surface area contributed by atoms with Crippen LogP contribution in [-0.4, -0.2) is 30.4 Å². The molecule has 1 N–H and O–H groups in total. The fraction of sp³-hybridized carbons (Fsp3) is 0.682. The van der Waals surface area contributed by atoms with Crippen molar-refractivity contribution in [2.75, 3.05) is 19.6 Å². The summed E-state index contributed by atoms with van der Waals surface area (Å²) in [5, 5.41) is 3.05. The minimum Gasteiger partial charge on any atom is -0.350 e. The van der Waals surface area contributed by atoms with Crippen molar-refractivity contribution in [3.05, 3.63) is 35.1 Å². The Hall–Kier alpha value is -1.42. The first kappa shape index (κ1) is 19.3. The molecular formula is C22H35FN2O. The molecule has 1 saturated heterocycles. The summed E-state index contributed by atoms with van der Waals surface area (Å²) in [4.78, 5) is 14.1. The molecule has 1 atom stereocenters. The van der Waals surface area contributed by atoms with Crippen LogP contribution < -0.4 is 5.32 Å². The number of nitrogens with one attached hydrogen (secondary N) is 1. The predicted molar refractivity (Wildman–Crippen MR) is 106 cm³/mol. The minimum atomic E-state index is -0.165. The molecule has 146 valence electrons. The first-order chi connectivity index (χ1) is 12.2. The Kier molecular flexibility index (Phi) is 5.43. The molecule has 1 aromatic rings. The van der Waals surface area contributed by atoms with Gasteiger partial charge in [0, 0.05) is 8.35 Å². The van der Waals surface area contributed by atoms with Crippen molar-refractivity contribution in [1.29, 1.82) is 0 Å². The van der Waals surface area contributed by atoms with Crippen LogP contribution in [0.2, 0.25) is 0 Å². The van der Waals surface area contributed by atoms with Gasteiger partial charge in [0.25, 0.3) is 0 Å². The van der Waals surface area contributed by atoms with Crippen molar-refractivity contribution in [3.63, 3.8) is 0 Å². The summed E-state index contributed by atoms with van der Waals surface area (Å²) in [6.45, 7) is 11.7. The van der Waals surface area contributed by atoms with Crippen molar-refractivity contribution in [2.45, 2.75) is 71.3 Å². The lowest BCUT2D eigenvalue weighted by atomic mass is 9.63. The molecule has 1 aromatic carbocycles. The highest BCUT2D eigenvalue weighted by Gasteiger charge is 2.42. The second-order valence-electron chi connectivity index (χ2n) is 9.46. The van der Waals surface area contributed by atoms with Gasteiger partial charge in [-0.1, -0.05) is 26.8 Å². The monoisotopic (exact) mass is 362 g/mol. The van der Waals surface area contributed by atoms with E-state index in [4.69, 9.17) is 0 Å². The van der Waals surface area contributed by atoms with Crippen molar-refractivity contribution < 1.29 is 10.6 Å². The number of hydrogen-bond acceptors (Lipinski definition) is 2. The lowest BCUT2D eigenvalue weighted by molar-refractivity contribution is -0.119. The Labute approximate surface area is 158 Å². The summed E-state index contributed by atoms with van der Waals surface area (Å²) in [7, 11) is 0. The molecule has 0 saturated carbocycles. The van der Waals surface area contributed by atoms with Crippen molar-refractivity contribution in [2.24, 2.45) is 5.41 Å². The second kappa shape index (κ2) is 7.30. The van der Waals surface area contributed by atoms with Gasteiger partial charge in [0.05, 0.1) is 6.04 Å². The summed E-state index contributed by atoms with van der Waals surface area (Å²) < 4.78 is 14.1. The van der Waals surface area contributed by atoms with Crippen LogP contribution in [0.25, 0.3) is 0 Å². The van der Waals surface area contributed by atoms with Crippen molar-refractivity contribution >= 4 is 5.91 Å². The average Bonchev–Trinajstić information content (AvgIpc) is 2.56. The molecule has 1 heterocycles. The van der Waals surface area contributed by atoms with Gasteiger partial charge >= 0.3 is 0 Å². The highest BCUT2D eigenvalue weighted by atomic mass is 19.1. The Morgan fingerprint density at radius 1 is 1.31 bits per heavy atom. The van der Waals surface area contributed by atoms with E-state index in [9.17, 15) is 9.18 Å². The fourth-order valence-electron chi connectivity index (χ4n) is 4.62. The van der Waals surface area contributed by atoms with E-state index in [0.29, 0.717) is 5.41 Å². The summed E-state index contributed by atoms with van der Waals surface area (Å²) in [6, 6.07) is 5.17. The Bertz CT molecular complexity index is 663. The minimum absolute atomic E-state index is 0. The SMILES string of the molecule is CC(=O)N[C@H]1CCC2(CCN(CCC(C)(C)C)CC2)c2cc(F)ccc21.[HH]. The number of hydrogen-bond donors (Lipinski definition) is 1. The molecule has 0 bridgehead atoms. The smallest absolute Gasteiger partial charge is 0.217 e. The molecule has 1 aliphatic carbocycles. The molecule has 0 aromatic heterocycles. The highest BCUT2D eigenvalue weighted by molar-refractivity contribution is 5.73. The number of piperidine rings is 1. The maximum atomic E-state index is 14.1. The Balaban J connectivity index is 0.00000261. The van der Waals surface area contributed by atoms with Gasteiger partial charge in [-0.3, -0.25) is 4.79 Å². The third kappa shape index (κ3) is 4.28. The predicted octanol–water partition coefficient (Wildman–Crippen LogP) is 4.81. The van der Waals surface area contributed by atoms with Crippen LogP contribution >= 0.6 is 0 Å². The van der Waals surface area contributed by atoms with Gasteiger partial charge in [0.15, 0.2) is 0 Å². The highest BCUT2D eigenvalue weighted by Crippen LogP contribution is 2.48. The number of carbonyl (C=O) groups excluding carboxylic acids is 1. The van der Waals surface area contributed by atoms with Crippen LogP contribution in [-0.2, 0) is 10.2 Å². The molecule has 0 unspecified atom stereocenters. The molecule has 3 nitrogen and oxygen atoms in total. The van der Waals surface area contributed by atoms with Gasteiger partial charge in [-0.25, -0.2) is 4.39 Å². The van der Waals surface area contributed by atoms with Gasteiger partial charge in [-0.05, 0) is 85.8 Å². The van der Waals surface area contributed by atoms with E-state index in [0.717, 1.165) is 56.4 Å². The molecular weight excluding hydrogens is 327 g/mol. The maximum Gasteiger partial charge on any atom is 0.217 e. The molecule has 3 rings (SSSR count). The average molecular weight is 363 g/mol. The first-order valence-electron chi connectivity index (χ1n) is 9.98. The molecule has 1 amide bonds. The van der Waals surface area contributed by atoms with Gasteiger partial charge in [0.1, 0.15) is 5.82 Å². The number of benzene rings is 1. The molecule has 26 heavy (non-hydrogen) atoms. The zero-order valence-corrected chi connectivity index (χ0v) is 16.7. The number of amides is 1. The number of rotatable bonds is 3. The van der Waals surface area contributed by atoms with E-state index in [1.54, 1.807) is 13.0 Å². The molecule has 4 heteroatoms. The lowest BCUT2D eigenvalue weighted by Gasteiger charge is -2.47. The van der Waals surface area contributed by atoms with Crippen molar-refractivity contribution in [3.8, 4) is 0 Å². The summed E-state index contributed by atoms with van der Waals surface area (Å²) in [5.41, 5.74) is 2.69. The summed E-state index contributed by atoms with van der Waals surface area (Å²) in [6.07, 6.45) is 5.35. The van der Waals surface area contributed by atoms with Crippen molar-refractivity contribution in [1.82, 2.24) is 10.2 Å². The first-order valence-corrected chi connectivity index (χ1v) is 9.98. The number of nitrogens with zero attached hydrogens (tertiary/aromatic N) is 1. The third-order valence-electron chi connectivity index (χ3n) is 6.24. The van der Waals surface area contributed by atoms with Crippen LogP contribution in [0.4, 0.5) is 4.39 Å². The van der Waals surface area contributed by atoms with Crippen LogP contribution in [0.3, 0.4) is 0 Å². The normalized spacial score (nSPS) is 22.9. The number of halogens is 1. The van der Waals surface area contributed by atoms with E-state index < -0.39 is 0 Å². The van der Waals surface area contributed by atoms with Crippen LogP contribution in [0.5, 0.6) is 0 Å². The standard InChI is InChI=1S/C22H33FN2O.H2/c1-16(26)24-20-7-8-22(19-15-17(23)5-6-18(19)20)10-13-25(14-11-22)12-9-21(2,3)4;/h5-6,15,20H,7-14H2,1-4H3,(H,24,26);1H/t20-;/m0./s1. The van der Waals surface area contributed by atoms with E-state index in [2.05, 4.69) is 31.0 Å². The van der Waals surface area contributed by atoms with E-state index in [1.807, 2.05) is 6.07 Å². The Morgan fingerprint density at radius 3 is 2.62 bits per heavy atom. The topological polar surface area (TPSA) is 32.3 Å². The molecule has 1 spiro atoms. The maximum absolute atomic E-state index is 14.1. The number of fused-ring (bicyclic) bond motifs is 2. The van der Waals surface area contributed by atoms with E-state index in [-0.39, 0.29) is 24.6 Å². The summed E-state index contributed by atoms with van der Waals surface area (Å²) in [5.74, 6) is -0.181. The Morgan fingerprint density at radius 2 is 2.00 bits per heavy atom. The van der Waals surface area contributed by atoms with Crippen LogP contribution in [0.15, 0.2) is 18.2 Å². The van der Waals surface area contributed by atoms with Gasteiger partial charge < -0.3 is 10.2 Å². The fourth-order valence-corrected chi connectivity index (χ4v) is 4.62. The van der Waals surface area contributed by atoms with Gasteiger partial charge in [-0.15, -0.1) is 0 Å². The zero-order chi connectivity index (χ0) is 18.9. The quantitative estimate of drug-likeness (QED) is 0.837. The summed E-state index contributed by atoms with van der Waals surface area (Å²) >= 11 is 0. The van der Waals surface area contributed by atoms with Gasteiger partial charge in [-0.2, -0.15) is 0 Å². The van der Waals surface area contributed by atoms with E-state index >= 15 is 0 Å². The van der Waals surface area contributed by atoms with Crippen LogP contribution in [0.1, 0.15) is 78.4 Å². The number of likely N-dealkylation sites (tertiary alicyclic amines) is 1. The van der Waals surface area contributed by atoms with E-state index in [1.165, 1.54) is 12.5 Å². The number of carbonyl (C=O) groups is 1. The molecule has 0 radical (unpaired) electrons. The van der Waals surface area contributed by atoms with Gasteiger partial charge in [0.2, 0.25) is 5.91 Å². The molecule has 1 aliphatic heterocycles. The largest absolute Gasteiger partial charge is 0.350 e. The molecule has 1 fully saturated rings. The molecule has 2 aliphatic rings. The lowest BCUT2D eigenvalue weighted by Crippen LogP contribution is -2.46. The zero-order valence-electron chi connectivity index (χ0n) is 16.7. The second-order valence-corrected chi connectivity index (χ2v) is 9.46. The van der Waals surface area contributed by atoms with Crippen LogP contribution in [0, 0.1) is 11.2 Å².